The van der Waals surface area contributed by atoms with Crippen LogP contribution in [0.2, 0.25) is 36.3 Å². The Morgan fingerprint density at radius 2 is 1.33 bits per heavy atom. The minimum absolute atomic E-state index is 0.00869. The van der Waals surface area contributed by atoms with Gasteiger partial charge in [-0.1, -0.05) is 122 Å². The molecule has 2 fully saturated rings. The second-order valence-corrected chi connectivity index (χ2v) is 23.2. The van der Waals surface area contributed by atoms with Crippen LogP contribution in [0.15, 0.2) is 60.7 Å². The van der Waals surface area contributed by atoms with E-state index in [9.17, 15) is 9.59 Å². The van der Waals surface area contributed by atoms with Crippen molar-refractivity contribution in [2.75, 3.05) is 6.61 Å². The molecule has 2 aliphatic heterocycles. The average Bonchev–Trinajstić information content (AvgIpc) is 3.23. The Balaban J connectivity index is 1.87. The molecule has 2 saturated heterocycles. The van der Waals surface area contributed by atoms with Gasteiger partial charge < -0.3 is 13.7 Å². The van der Waals surface area contributed by atoms with E-state index >= 15 is 0 Å². The van der Waals surface area contributed by atoms with Gasteiger partial charge in [-0.25, -0.2) is 4.79 Å². The molecule has 4 rings (SSSR count). The van der Waals surface area contributed by atoms with Gasteiger partial charge in [0.1, 0.15) is 12.6 Å². The van der Waals surface area contributed by atoms with E-state index in [4.69, 9.17) is 9.16 Å². The molecular formula is C31H46N2O4Si2. The summed E-state index contributed by atoms with van der Waals surface area (Å²) in [7, 11) is -4.48. The fourth-order valence-electron chi connectivity index (χ4n) is 7.13. The van der Waals surface area contributed by atoms with Gasteiger partial charge in [0, 0.05) is 0 Å². The number of β-lactam (4-membered cyclic amide) rings is 1. The van der Waals surface area contributed by atoms with Gasteiger partial charge in [-0.2, -0.15) is 0 Å². The molecule has 0 aliphatic carbocycles. The quantitative estimate of drug-likeness (QED) is 0.220. The van der Waals surface area contributed by atoms with Gasteiger partial charge in [-0.15, -0.1) is 0 Å². The fraction of sp³-hybridized carbons (Fsp3) is 0.548. The molecule has 0 bridgehead atoms. The molecule has 6 nitrogen and oxygen atoms in total. The van der Waals surface area contributed by atoms with Gasteiger partial charge in [0.2, 0.25) is 14.2 Å². The Bertz CT molecular complexity index is 1130. The molecule has 0 saturated carbocycles. The molecule has 2 aromatic rings. The van der Waals surface area contributed by atoms with Crippen LogP contribution in [-0.2, 0) is 14.0 Å². The summed E-state index contributed by atoms with van der Waals surface area (Å²) in [6, 6.07) is 19.0. The largest absolute Gasteiger partial charge is 0.447 e. The molecule has 2 aromatic carbocycles. The normalized spacial score (nSPS) is 23.0. The van der Waals surface area contributed by atoms with Crippen molar-refractivity contribution in [2.45, 2.75) is 102 Å². The minimum atomic E-state index is -2.35. The van der Waals surface area contributed by atoms with Crippen LogP contribution < -0.4 is 0 Å². The Labute approximate surface area is 236 Å². The second kappa shape index (κ2) is 11.2. The summed E-state index contributed by atoms with van der Waals surface area (Å²) < 4.78 is 15.2. The van der Waals surface area contributed by atoms with E-state index in [1.165, 1.54) is 0 Å². The lowest BCUT2D eigenvalue weighted by Crippen LogP contribution is -2.78. The molecule has 0 radical (unpaired) electrons. The van der Waals surface area contributed by atoms with Crippen molar-refractivity contribution >= 4 is 28.6 Å². The maximum absolute atomic E-state index is 14.1. The highest BCUT2D eigenvalue weighted by Gasteiger charge is 2.63. The van der Waals surface area contributed by atoms with Gasteiger partial charge in [0.15, 0.2) is 8.24 Å². The molecule has 8 heteroatoms. The van der Waals surface area contributed by atoms with Crippen LogP contribution in [0, 0.1) is 0 Å². The number of rotatable bonds is 10. The molecule has 0 unspecified atom stereocenters. The smallest absolute Gasteiger partial charge is 0.411 e. The van der Waals surface area contributed by atoms with Crippen molar-refractivity contribution in [3.05, 3.63) is 71.8 Å². The van der Waals surface area contributed by atoms with Gasteiger partial charge in [-0.05, 0) is 27.8 Å². The summed E-state index contributed by atoms with van der Waals surface area (Å²) in [4.78, 5) is 29.1. The lowest BCUT2D eigenvalue weighted by Gasteiger charge is -2.59. The maximum atomic E-state index is 14.1. The zero-order valence-corrected chi connectivity index (χ0v) is 27.0. The van der Waals surface area contributed by atoms with E-state index in [2.05, 4.69) is 77.9 Å². The molecule has 39 heavy (non-hydrogen) atoms. The van der Waals surface area contributed by atoms with Crippen LogP contribution in [-0.4, -0.2) is 56.7 Å². The monoisotopic (exact) mass is 566 g/mol. The molecule has 0 N–H and O–H groups in total. The second-order valence-electron chi connectivity index (χ2n) is 13.0. The lowest BCUT2D eigenvalue weighted by atomic mass is 9.87. The van der Waals surface area contributed by atoms with Gasteiger partial charge >= 0.3 is 6.09 Å². The number of carbonyl (C=O) groups is 2. The summed E-state index contributed by atoms with van der Waals surface area (Å²) in [5.74, 6) is 0.00869. The Morgan fingerprint density at radius 3 is 1.82 bits per heavy atom. The van der Waals surface area contributed by atoms with E-state index in [1.807, 2.05) is 48.5 Å². The molecule has 2 aliphatic rings. The molecule has 212 valence electrons. The Kier molecular flexibility index (Phi) is 8.50. The zero-order valence-electron chi connectivity index (χ0n) is 25.0. The highest BCUT2D eigenvalue weighted by atomic mass is 28.4. The van der Waals surface area contributed by atoms with E-state index in [0.29, 0.717) is 16.6 Å². The number of cyclic esters (lactones) is 1. The highest BCUT2D eigenvalue weighted by molar-refractivity contribution is 6.78. The van der Waals surface area contributed by atoms with Crippen LogP contribution in [0.5, 0.6) is 0 Å². The third-order valence-electron chi connectivity index (χ3n) is 8.71. The number of carbonyl (C=O) groups excluding carboxylic acids is 2. The molecule has 2 amide bonds. The highest BCUT2D eigenvalue weighted by Crippen LogP contribution is 2.50. The van der Waals surface area contributed by atoms with Crippen molar-refractivity contribution < 1.29 is 18.8 Å². The first-order valence-electron chi connectivity index (χ1n) is 14.4. The molecule has 0 spiro atoms. The molecule has 2 heterocycles. The first-order valence-corrected chi connectivity index (χ1v) is 20.0. The van der Waals surface area contributed by atoms with E-state index < -0.39 is 28.7 Å². The summed E-state index contributed by atoms with van der Waals surface area (Å²) in [6.07, 6.45) is -0.765. The van der Waals surface area contributed by atoms with Gasteiger partial charge in [0.05, 0.1) is 18.2 Å². The predicted octanol–water partition coefficient (Wildman–Crippen LogP) is 7.53. The number of hydrogen-bond acceptors (Lipinski definition) is 4. The molecular weight excluding hydrogens is 521 g/mol. The topological polar surface area (TPSA) is 59.1 Å². The fourth-order valence-corrected chi connectivity index (χ4v) is 14.6. The summed E-state index contributed by atoms with van der Waals surface area (Å²) >= 11 is 0. The van der Waals surface area contributed by atoms with Gasteiger partial charge in [-0.3, -0.25) is 9.69 Å². The van der Waals surface area contributed by atoms with Crippen molar-refractivity contribution in [3.8, 4) is 0 Å². The van der Waals surface area contributed by atoms with Crippen molar-refractivity contribution in [3.63, 3.8) is 0 Å². The van der Waals surface area contributed by atoms with Crippen molar-refractivity contribution in [1.29, 1.82) is 0 Å². The molecule has 4 atom stereocenters. The number of amides is 2. The van der Waals surface area contributed by atoms with Crippen LogP contribution >= 0.6 is 0 Å². The van der Waals surface area contributed by atoms with E-state index in [1.54, 1.807) is 4.90 Å². The first-order chi connectivity index (χ1) is 18.3. The molecule has 0 aromatic heterocycles. The minimum Gasteiger partial charge on any atom is -0.447 e. The van der Waals surface area contributed by atoms with E-state index in [0.717, 1.165) is 11.1 Å². The SMILES string of the molecule is CC(C)[Si](O[C@@H](c1ccccc1)[C@@H]1[C@@H](N2C(=O)OC[C@@H]2c2ccccc2)C(=O)N1[Si](C)(C)C)(C(C)C)C(C)C. The number of nitrogens with zero attached hydrogens (tertiary/aromatic N) is 2. The third kappa shape index (κ3) is 5.23. The van der Waals surface area contributed by atoms with Crippen molar-refractivity contribution in [1.82, 2.24) is 9.47 Å². The first kappa shape index (κ1) is 29.6. The number of benzene rings is 2. The van der Waals surface area contributed by atoms with Crippen LogP contribution in [0.1, 0.15) is 64.8 Å². The Hall–Kier alpha value is -2.43. The Morgan fingerprint density at radius 1 is 0.821 bits per heavy atom. The average molecular weight is 567 g/mol. The predicted molar refractivity (Wildman–Crippen MR) is 161 cm³/mol. The standard InChI is InChI=1S/C31H46N2O4Si2/c1-21(2)39(22(3)4,23(5)6)37-29(25-18-14-11-15-19-25)27-28(30(34)33(27)38(7,8)9)32-26(20-36-31(32)35)24-16-12-10-13-17-24/h10-19,21-23,26-29H,20H2,1-9H3/t26-,27+,28-,29+/m1/s1. The lowest BCUT2D eigenvalue weighted by molar-refractivity contribution is -0.156. The summed E-state index contributed by atoms with van der Waals surface area (Å²) in [6.45, 7) is 20.6. The zero-order chi connectivity index (χ0) is 28.7. The number of hydrogen-bond donors (Lipinski definition) is 0. The van der Waals surface area contributed by atoms with Crippen LogP contribution in [0.25, 0.3) is 0 Å². The van der Waals surface area contributed by atoms with E-state index in [-0.39, 0.29) is 30.7 Å². The van der Waals surface area contributed by atoms with Crippen molar-refractivity contribution in [2.24, 2.45) is 0 Å². The van der Waals surface area contributed by atoms with Crippen LogP contribution in [0.4, 0.5) is 4.79 Å². The summed E-state index contributed by atoms with van der Waals surface area (Å²) in [5.41, 5.74) is 3.19. The number of ether oxygens (including phenoxy) is 1. The van der Waals surface area contributed by atoms with Crippen LogP contribution in [0.3, 0.4) is 0 Å². The third-order valence-corrected chi connectivity index (χ3v) is 16.7. The maximum Gasteiger partial charge on any atom is 0.411 e. The summed E-state index contributed by atoms with van der Waals surface area (Å²) in [5, 5.41) is 0. The van der Waals surface area contributed by atoms with Gasteiger partial charge in [0.25, 0.3) is 0 Å².